The van der Waals surface area contributed by atoms with Crippen LogP contribution in [0.4, 0.5) is 5.69 Å². The van der Waals surface area contributed by atoms with E-state index in [9.17, 15) is 18.3 Å². The minimum Gasteiger partial charge on any atom is -0.497 e. The number of carbonyl (C=O) groups is 1. The number of aliphatic hydroxyl groups is 1. The van der Waals surface area contributed by atoms with Gasteiger partial charge in [-0.2, -0.15) is 0 Å². The van der Waals surface area contributed by atoms with Crippen LogP contribution in [0.25, 0.3) is 0 Å². The number of para-hydroxylation sites is 1. The van der Waals surface area contributed by atoms with Gasteiger partial charge in [0.25, 0.3) is 10.0 Å². The molecule has 7 nitrogen and oxygen atoms in total. The van der Waals surface area contributed by atoms with Crippen LogP contribution in [0.5, 0.6) is 5.75 Å². The van der Waals surface area contributed by atoms with Crippen molar-refractivity contribution in [3.05, 3.63) is 54.6 Å². The highest BCUT2D eigenvalue weighted by atomic mass is 32.2. The summed E-state index contributed by atoms with van der Waals surface area (Å²) in [6.45, 7) is -0.349. The van der Waals surface area contributed by atoms with Crippen LogP contribution in [0, 0.1) is 0 Å². The number of carbonyl (C=O) groups excluding carboxylic acids is 1. The highest BCUT2D eigenvalue weighted by Gasteiger charge is 2.33. The molecule has 8 heteroatoms. The Kier molecular flexibility index (Phi) is 6.99. The molecule has 1 amide bonds. The maximum atomic E-state index is 13.4. The van der Waals surface area contributed by atoms with Crippen LogP contribution in [-0.4, -0.2) is 57.2 Å². The highest BCUT2D eigenvalue weighted by Crippen LogP contribution is 2.27. The van der Waals surface area contributed by atoms with E-state index in [-0.39, 0.29) is 23.4 Å². The maximum absolute atomic E-state index is 13.4. The second-order valence-corrected chi connectivity index (χ2v) is 9.31. The molecule has 162 valence electrons. The number of sulfonamides is 1. The molecule has 1 fully saturated rings. The smallest absolute Gasteiger partial charge is 0.264 e. The van der Waals surface area contributed by atoms with E-state index in [1.54, 1.807) is 49.5 Å². The topological polar surface area (TPSA) is 87.2 Å². The predicted molar refractivity (Wildman–Crippen MR) is 115 cm³/mol. The van der Waals surface area contributed by atoms with Crippen LogP contribution in [0.1, 0.15) is 25.7 Å². The number of ether oxygens (including phenoxy) is 1. The summed E-state index contributed by atoms with van der Waals surface area (Å²) in [4.78, 5) is 14.6. The van der Waals surface area contributed by atoms with Crippen molar-refractivity contribution in [3.63, 3.8) is 0 Å². The average molecular weight is 433 g/mol. The van der Waals surface area contributed by atoms with Gasteiger partial charge in [-0.05, 0) is 49.2 Å². The van der Waals surface area contributed by atoms with Crippen molar-refractivity contribution in [2.24, 2.45) is 0 Å². The molecule has 0 aliphatic heterocycles. The molecule has 0 aromatic heterocycles. The molecule has 2 unspecified atom stereocenters. The number of anilines is 1. The lowest BCUT2D eigenvalue weighted by Crippen LogP contribution is -2.50. The van der Waals surface area contributed by atoms with E-state index in [4.69, 9.17) is 4.74 Å². The third-order valence-electron chi connectivity index (χ3n) is 5.56. The molecular formula is C22H28N2O5S. The van der Waals surface area contributed by atoms with Gasteiger partial charge in [-0.25, -0.2) is 8.42 Å². The van der Waals surface area contributed by atoms with Gasteiger partial charge in [0.1, 0.15) is 12.3 Å². The Balaban J connectivity index is 1.90. The average Bonchev–Trinajstić information content (AvgIpc) is 2.77. The fourth-order valence-corrected chi connectivity index (χ4v) is 5.16. The summed E-state index contributed by atoms with van der Waals surface area (Å²) in [6, 6.07) is 14.3. The second-order valence-electron chi connectivity index (χ2n) is 7.45. The van der Waals surface area contributed by atoms with Crippen molar-refractivity contribution in [2.45, 2.75) is 42.7 Å². The summed E-state index contributed by atoms with van der Waals surface area (Å²) in [5.74, 6) is 0.184. The zero-order chi connectivity index (χ0) is 21.7. The molecule has 0 saturated heterocycles. The van der Waals surface area contributed by atoms with Crippen LogP contribution in [-0.2, 0) is 14.8 Å². The van der Waals surface area contributed by atoms with Crippen molar-refractivity contribution in [1.29, 1.82) is 0 Å². The first-order valence-corrected chi connectivity index (χ1v) is 11.4. The Morgan fingerprint density at radius 2 is 1.70 bits per heavy atom. The maximum Gasteiger partial charge on any atom is 0.264 e. The number of nitrogens with zero attached hydrogens (tertiary/aromatic N) is 2. The summed E-state index contributed by atoms with van der Waals surface area (Å²) in [7, 11) is -0.847. The summed E-state index contributed by atoms with van der Waals surface area (Å²) >= 11 is 0. The molecule has 3 rings (SSSR count). The highest BCUT2D eigenvalue weighted by molar-refractivity contribution is 7.92. The molecule has 1 aliphatic carbocycles. The van der Waals surface area contributed by atoms with Crippen molar-refractivity contribution in [3.8, 4) is 5.75 Å². The number of methoxy groups -OCH3 is 1. The minimum absolute atomic E-state index is 0.0697. The van der Waals surface area contributed by atoms with E-state index < -0.39 is 16.1 Å². The summed E-state index contributed by atoms with van der Waals surface area (Å²) < 4.78 is 33.0. The van der Waals surface area contributed by atoms with E-state index in [1.807, 2.05) is 0 Å². The van der Waals surface area contributed by atoms with Crippen LogP contribution in [0.3, 0.4) is 0 Å². The van der Waals surface area contributed by atoms with Gasteiger partial charge in [0.15, 0.2) is 0 Å². The molecule has 0 heterocycles. The third-order valence-corrected chi connectivity index (χ3v) is 7.34. The number of rotatable bonds is 7. The van der Waals surface area contributed by atoms with Gasteiger partial charge >= 0.3 is 0 Å². The quantitative estimate of drug-likeness (QED) is 0.727. The Bertz CT molecular complexity index is 947. The molecule has 1 N–H and O–H groups in total. The van der Waals surface area contributed by atoms with E-state index in [0.29, 0.717) is 24.3 Å². The molecule has 0 spiro atoms. The van der Waals surface area contributed by atoms with Crippen LogP contribution in [0.15, 0.2) is 59.5 Å². The molecule has 2 aromatic carbocycles. The summed E-state index contributed by atoms with van der Waals surface area (Å²) in [5.41, 5.74) is 0.402. The first kappa shape index (κ1) is 22.1. The minimum atomic E-state index is -3.98. The summed E-state index contributed by atoms with van der Waals surface area (Å²) in [5, 5.41) is 10.3. The van der Waals surface area contributed by atoms with Crippen LogP contribution in [0.2, 0.25) is 0 Å². The predicted octanol–water partition coefficient (Wildman–Crippen LogP) is 2.65. The normalized spacial score (nSPS) is 19.2. The number of likely N-dealkylation sites (N-methyl/N-ethyl adjacent to an activating group) is 1. The zero-order valence-corrected chi connectivity index (χ0v) is 18.1. The molecule has 0 bridgehead atoms. The second kappa shape index (κ2) is 9.49. The lowest BCUT2D eigenvalue weighted by molar-refractivity contribution is -0.133. The first-order valence-electron chi connectivity index (χ1n) is 10.00. The molecule has 2 aromatic rings. The van der Waals surface area contributed by atoms with Crippen molar-refractivity contribution in [2.75, 3.05) is 25.0 Å². The van der Waals surface area contributed by atoms with E-state index in [2.05, 4.69) is 0 Å². The number of benzene rings is 2. The van der Waals surface area contributed by atoms with Crippen molar-refractivity contribution < 1.29 is 23.1 Å². The van der Waals surface area contributed by atoms with Gasteiger partial charge in [0.05, 0.1) is 29.8 Å². The van der Waals surface area contributed by atoms with Gasteiger partial charge in [-0.15, -0.1) is 0 Å². The van der Waals surface area contributed by atoms with Gasteiger partial charge in [0.2, 0.25) is 5.91 Å². The molecular weight excluding hydrogens is 404 g/mol. The SMILES string of the molecule is COc1ccc(S(=O)(=O)N(CC(=O)N(C)C2CCCCC2O)c2ccccc2)cc1. The van der Waals surface area contributed by atoms with Gasteiger partial charge < -0.3 is 14.7 Å². The van der Waals surface area contributed by atoms with E-state index in [0.717, 1.165) is 17.1 Å². The zero-order valence-electron chi connectivity index (χ0n) is 17.3. The number of hydrogen-bond donors (Lipinski definition) is 1. The molecule has 1 aliphatic rings. The summed E-state index contributed by atoms with van der Waals surface area (Å²) in [6.07, 6.45) is 2.64. The first-order chi connectivity index (χ1) is 14.3. The Morgan fingerprint density at radius 1 is 1.07 bits per heavy atom. The molecule has 1 saturated carbocycles. The number of hydrogen-bond acceptors (Lipinski definition) is 5. The number of amides is 1. The van der Waals surface area contributed by atoms with Crippen LogP contribution >= 0.6 is 0 Å². The molecule has 0 radical (unpaired) electrons. The fraction of sp³-hybridized carbons (Fsp3) is 0.409. The molecule has 30 heavy (non-hydrogen) atoms. The lowest BCUT2D eigenvalue weighted by atomic mass is 9.91. The largest absolute Gasteiger partial charge is 0.497 e. The Morgan fingerprint density at radius 3 is 2.30 bits per heavy atom. The Labute approximate surface area is 177 Å². The van der Waals surface area contributed by atoms with Crippen molar-refractivity contribution >= 4 is 21.6 Å². The van der Waals surface area contributed by atoms with E-state index >= 15 is 0 Å². The lowest BCUT2D eigenvalue weighted by Gasteiger charge is -2.36. The van der Waals surface area contributed by atoms with Crippen LogP contribution < -0.4 is 9.04 Å². The van der Waals surface area contributed by atoms with Crippen molar-refractivity contribution in [1.82, 2.24) is 4.90 Å². The third kappa shape index (κ3) is 4.76. The molecule has 2 atom stereocenters. The fourth-order valence-electron chi connectivity index (χ4n) is 3.75. The monoisotopic (exact) mass is 432 g/mol. The standard InChI is InChI=1S/C22H28N2O5S/c1-23(20-10-6-7-11-21(20)25)22(26)16-24(17-8-4-3-5-9-17)30(27,28)19-14-12-18(29-2)13-15-19/h3-5,8-9,12-15,20-21,25H,6-7,10-11,16H2,1-2H3. The number of aliphatic hydroxyl groups excluding tert-OH is 1. The Hall–Kier alpha value is -2.58. The van der Waals surface area contributed by atoms with Gasteiger partial charge in [-0.3, -0.25) is 9.10 Å². The van der Waals surface area contributed by atoms with Gasteiger partial charge in [0, 0.05) is 7.05 Å². The van der Waals surface area contributed by atoms with Gasteiger partial charge in [-0.1, -0.05) is 31.0 Å². The van der Waals surface area contributed by atoms with E-state index in [1.165, 1.54) is 24.1 Å².